The molecule has 12 nitrogen and oxygen atoms in total. The second-order valence-electron chi connectivity index (χ2n) is 15.2. The number of nitrogens with zero attached hydrogens (tertiary/aromatic N) is 7. The van der Waals surface area contributed by atoms with E-state index in [2.05, 4.69) is 59.6 Å². The van der Waals surface area contributed by atoms with Gasteiger partial charge in [0.25, 0.3) is 5.91 Å². The van der Waals surface area contributed by atoms with Crippen molar-refractivity contribution in [2.24, 2.45) is 0 Å². The number of piperazine rings is 2. The topological polar surface area (TPSA) is 112 Å². The van der Waals surface area contributed by atoms with Crippen LogP contribution in [0.2, 0.25) is 0 Å². The summed E-state index contributed by atoms with van der Waals surface area (Å²) in [6, 6.07) is 12.2. The summed E-state index contributed by atoms with van der Waals surface area (Å²) in [7, 11) is 4.29. The van der Waals surface area contributed by atoms with Crippen LogP contribution in [0.5, 0.6) is 0 Å². The van der Waals surface area contributed by atoms with Gasteiger partial charge >= 0.3 is 11.5 Å². The van der Waals surface area contributed by atoms with Crippen LogP contribution in [0.15, 0.2) is 65.8 Å². The quantitative estimate of drug-likeness (QED) is 0.0959. The molecule has 3 N–H and O–H groups in total. The highest BCUT2D eigenvalue weighted by atomic mass is 32.2. The first kappa shape index (κ1) is 41.7. The van der Waals surface area contributed by atoms with E-state index in [9.17, 15) is 22.8 Å². The van der Waals surface area contributed by atoms with Gasteiger partial charge in [0.1, 0.15) is 17.2 Å². The summed E-state index contributed by atoms with van der Waals surface area (Å²) in [6.07, 6.45) is 5.31. The van der Waals surface area contributed by atoms with Crippen molar-refractivity contribution in [1.29, 1.82) is 0 Å². The summed E-state index contributed by atoms with van der Waals surface area (Å²) in [6.45, 7) is 15.8. The maximum Gasteiger partial charge on any atom is 0.446 e. The Morgan fingerprint density at radius 3 is 1.66 bits per heavy atom. The van der Waals surface area contributed by atoms with E-state index in [0.717, 1.165) is 107 Å². The van der Waals surface area contributed by atoms with Gasteiger partial charge in [0, 0.05) is 94.6 Å². The number of urea groups is 1. The lowest BCUT2D eigenvalue weighted by atomic mass is 9.70. The summed E-state index contributed by atoms with van der Waals surface area (Å²) in [5.41, 5.74) is -4.13. The fraction of sp³-hybridized carbons (Fsp3) is 0.550. The highest BCUT2D eigenvalue weighted by molar-refractivity contribution is 8.00. The SMILES string of the molecule is CC(c1ccnc(NCCCN2CCN(C)CC2)c1)C1(C(C)c2ccnc(NCCCN3CCN(C)CC3)c2)NC(=O)N(c2ccc(SC(F)(F)F)cc2)C1=O. The van der Waals surface area contributed by atoms with Gasteiger partial charge in [0.2, 0.25) is 0 Å². The smallest absolute Gasteiger partial charge is 0.370 e. The highest BCUT2D eigenvalue weighted by Crippen LogP contribution is 2.46. The van der Waals surface area contributed by atoms with Gasteiger partial charge in [0.05, 0.1) is 5.69 Å². The van der Waals surface area contributed by atoms with Gasteiger partial charge in [-0.25, -0.2) is 19.7 Å². The zero-order chi connectivity index (χ0) is 39.9. The summed E-state index contributed by atoms with van der Waals surface area (Å²) in [5, 5.41) is 9.99. The second kappa shape index (κ2) is 18.5. The first-order valence-corrected chi connectivity index (χ1v) is 20.4. The van der Waals surface area contributed by atoms with Crippen molar-refractivity contribution in [2.75, 3.05) is 108 Å². The van der Waals surface area contributed by atoms with E-state index in [1.165, 1.54) is 24.3 Å². The number of rotatable bonds is 16. The van der Waals surface area contributed by atoms with Crippen molar-refractivity contribution in [3.8, 4) is 0 Å². The van der Waals surface area contributed by atoms with Crippen molar-refractivity contribution in [3.63, 3.8) is 0 Å². The molecule has 2 atom stereocenters. The molecule has 0 radical (unpaired) electrons. The fourth-order valence-electron chi connectivity index (χ4n) is 7.89. The lowest BCUT2D eigenvalue weighted by molar-refractivity contribution is -0.123. The Hall–Kier alpha value is -3.96. The Kier molecular flexibility index (Phi) is 13.8. The molecule has 1 aromatic carbocycles. The van der Waals surface area contributed by atoms with Crippen LogP contribution >= 0.6 is 11.8 Å². The van der Waals surface area contributed by atoms with E-state index in [4.69, 9.17) is 0 Å². The molecular formula is C40H55F3N10O2S. The number of aromatic nitrogens is 2. The van der Waals surface area contributed by atoms with Crippen LogP contribution in [-0.2, 0) is 4.79 Å². The lowest BCUT2D eigenvalue weighted by Gasteiger charge is -2.39. The number of halogens is 3. The number of benzene rings is 1. The van der Waals surface area contributed by atoms with Crippen LogP contribution in [0, 0.1) is 0 Å². The third kappa shape index (κ3) is 10.3. The minimum Gasteiger partial charge on any atom is -0.370 e. The molecule has 3 saturated heterocycles. The van der Waals surface area contributed by atoms with Gasteiger partial charge in [-0.3, -0.25) is 4.79 Å². The van der Waals surface area contributed by atoms with Crippen LogP contribution in [-0.4, -0.2) is 145 Å². The van der Waals surface area contributed by atoms with Gasteiger partial charge in [-0.15, -0.1) is 0 Å². The Bertz CT molecular complexity index is 1690. The number of hydrogen-bond donors (Lipinski definition) is 3. The number of carbonyl (C=O) groups is 2. The van der Waals surface area contributed by atoms with Crippen LogP contribution in [0.4, 0.5) is 35.3 Å². The molecule has 56 heavy (non-hydrogen) atoms. The molecule has 0 spiro atoms. The van der Waals surface area contributed by atoms with E-state index in [1.807, 2.05) is 38.1 Å². The Balaban J connectivity index is 1.21. The largest absolute Gasteiger partial charge is 0.446 e. The zero-order valence-corrected chi connectivity index (χ0v) is 33.6. The Labute approximate surface area is 332 Å². The molecule has 3 fully saturated rings. The number of pyridine rings is 2. The van der Waals surface area contributed by atoms with E-state index in [1.54, 1.807) is 12.4 Å². The number of hydrogen-bond acceptors (Lipinski definition) is 11. The molecule has 0 aliphatic carbocycles. The molecule has 304 valence electrons. The number of imide groups is 1. The summed E-state index contributed by atoms with van der Waals surface area (Å²) in [4.78, 5) is 48.5. The van der Waals surface area contributed by atoms with E-state index < -0.39 is 34.8 Å². The lowest BCUT2D eigenvalue weighted by Crippen LogP contribution is -2.55. The van der Waals surface area contributed by atoms with Crippen LogP contribution in [0.1, 0.15) is 49.7 Å². The average Bonchev–Trinajstić information content (AvgIpc) is 3.45. The van der Waals surface area contributed by atoms with Crippen molar-refractivity contribution in [2.45, 2.75) is 54.5 Å². The molecule has 3 aliphatic heterocycles. The summed E-state index contributed by atoms with van der Waals surface area (Å²) >= 11 is -0.247. The van der Waals surface area contributed by atoms with Gasteiger partial charge < -0.3 is 35.6 Å². The maximum atomic E-state index is 14.9. The third-order valence-electron chi connectivity index (χ3n) is 11.4. The van der Waals surface area contributed by atoms with E-state index in [0.29, 0.717) is 11.6 Å². The van der Waals surface area contributed by atoms with E-state index in [-0.39, 0.29) is 22.3 Å². The summed E-state index contributed by atoms with van der Waals surface area (Å²) in [5.74, 6) is -0.222. The standard InChI is InChI=1S/C40H55F3N10O2S/c1-29(31-11-15-46-35(27-31)44-13-5-17-51-23-19-49(3)20-24-51)39(37(54)53(38(55)48-39)33-7-9-34(10-8-33)56-40(41,42)43)30(2)32-12-16-47-36(28-32)45-14-6-18-52-25-21-50(4)22-26-52/h7-12,15-16,27-30H,5-6,13-14,17-26H2,1-4H3,(H,44,46)(H,45,47)(H,48,55). The number of likely N-dealkylation sites (N-methyl/N-ethyl adjacent to an activating group) is 2. The molecule has 2 unspecified atom stereocenters. The number of alkyl halides is 3. The number of thioether (sulfide) groups is 1. The van der Waals surface area contributed by atoms with Crippen LogP contribution in [0.3, 0.4) is 0 Å². The molecule has 6 rings (SSSR count). The van der Waals surface area contributed by atoms with Crippen molar-refractivity contribution >= 4 is 41.0 Å². The molecular weight excluding hydrogens is 742 g/mol. The zero-order valence-electron chi connectivity index (χ0n) is 32.8. The molecule has 3 amide bonds. The summed E-state index contributed by atoms with van der Waals surface area (Å²) < 4.78 is 39.3. The van der Waals surface area contributed by atoms with Gasteiger partial charge in [-0.2, -0.15) is 13.2 Å². The van der Waals surface area contributed by atoms with Gasteiger partial charge in [0.15, 0.2) is 0 Å². The molecule has 3 aliphatic rings. The molecule has 2 aromatic heterocycles. The highest BCUT2D eigenvalue weighted by Gasteiger charge is 2.58. The maximum absolute atomic E-state index is 14.9. The second-order valence-corrected chi connectivity index (χ2v) is 16.4. The minimum absolute atomic E-state index is 0.0398. The minimum atomic E-state index is -4.46. The number of anilines is 3. The van der Waals surface area contributed by atoms with Gasteiger partial charge in [-0.05, 0) is 111 Å². The van der Waals surface area contributed by atoms with Crippen molar-refractivity contribution < 1.29 is 22.8 Å². The number of nitrogens with one attached hydrogen (secondary N) is 3. The average molecular weight is 797 g/mol. The first-order valence-electron chi connectivity index (χ1n) is 19.6. The van der Waals surface area contributed by atoms with Crippen LogP contribution < -0.4 is 20.9 Å². The Morgan fingerprint density at radius 2 is 1.21 bits per heavy atom. The predicted molar refractivity (Wildman–Crippen MR) is 216 cm³/mol. The number of amides is 3. The molecule has 5 heterocycles. The van der Waals surface area contributed by atoms with Crippen LogP contribution in [0.25, 0.3) is 0 Å². The number of carbonyl (C=O) groups excluding carboxylic acids is 2. The fourth-order valence-corrected chi connectivity index (χ4v) is 8.43. The predicted octanol–water partition coefficient (Wildman–Crippen LogP) is 5.59. The monoisotopic (exact) mass is 796 g/mol. The Morgan fingerprint density at radius 1 is 0.750 bits per heavy atom. The molecule has 0 saturated carbocycles. The normalized spacial score (nSPS) is 21.6. The molecule has 0 bridgehead atoms. The van der Waals surface area contributed by atoms with Crippen molar-refractivity contribution in [3.05, 3.63) is 72.1 Å². The molecule has 16 heteroatoms. The first-order chi connectivity index (χ1) is 26.8. The van der Waals surface area contributed by atoms with E-state index >= 15 is 0 Å². The molecule has 3 aromatic rings. The van der Waals surface area contributed by atoms with Crippen molar-refractivity contribution in [1.82, 2.24) is 34.9 Å². The van der Waals surface area contributed by atoms with Gasteiger partial charge in [-0.1, -0.05) is 13.8 Å². The third-order valence-corrected chi connectivity index (χ3v) is 12.2.